The van der Waals surface area contributed by atoms with Crippen molar-refractivity contribution in [2.75, 3.05) is 18.0 Å². The third-order valence-electron chi connectivity index (χ3n) is 2.43. The first-order valence-electron chi connectivity index (χ1n) is 4.73. The molecule has 4 nitrogen and oxygen atoms in total. The maximum absolute atomic E-state index is 11.0. The number of rotatable bonds is 2. The van der Waals surface area contributed by atoms with E-state index in [-0.39, 0.29) is 4.90 Å². The zero-order chi connectivity index (χ0) is 10.9. The number of aromatic nitrogens is 1. The fourth-order valence-electron chi connectivity index (χ4n) is 1.65. The van der Waals surface area contributed by atoms with Crippen molar-refractivity contribution in [2.24, 2.45) is 0 Å². The van der Waals surface area contributed by atoms with E-state index in [4.69, 9.17) is 10.7 Å². The smallest absolute Gasteiger partial charge is 0.262 e. The summed E-state index contributed by atoms with van der Waals surface area (Å²) in [6.07, 6.45) is 3.63. The highest BCUT2D eigenvalue weighted by atomic mass is 35.7. The molecule has 82 valence electrons. The molecule has 0 N–H and O–H groups in total. The van der Waals surface area contributed by atoms with Crippen molar-refractivity contribution in [2.45, 2.75) is 17.7 Å². The lowest BCUT2D eigenvalue weighted by Gasteiger charge is -2.15. The van der Waals surface area contributed by atoms with Crippen LogP contribution in [0.4, 0.5) is 5.82 Å². The number of nitrogens with zero attached hydrogens (tertiary/aromatic N) is 2. The second kappa shape index (κ2) is 3.98. The molecule has 1 aromatic heterocycles. The van der Waals surface area contributed by atoms with Crippen LogP contribution in [-0.2, 0) is 9.05 Å². The Balaban J connectivity index is 2.24. The van der Waals surface area contributed by atoms with Gasteiger partial charge in [0.05, 0.1) is 0 Å². The highest BCUT2D eigenvalue weighted by molar-refractivity contribution is 8.13. The van der Waals surface area contributed by atoms with Gasteiger partial charge in [0.1, 0.15) is 10.7 Å². The summed E-state index contributed by atoms with van der Waals surface area (Å²) in [5, 5.41) is 0. The normalized spacial score (nSPS) is 17.0. The van der Waals surface area contributed by atoms with Gasteiger partial charge in [-0.2, -0.15) is 0 Å². The van der Waals surface area contributed by atoms with Crippen molar-refractivity contribution in [3.8, 4) is 0 Å². The number of hydrogen-bond donors (Lipinski definition) is 0. The van der Waals surface area contributed by atoms with E-state index in [2.05, 4.69) is 9.88 Å². The van der Waals surface area contributed by atoms with Crippen molar-refractivity contribution in [1.29, 1.82) is 0 Å². The first-order valence-corrected chi connectivity index (χ1v) is 7.04. The number of anilines is 1. The second-order valence-corrected chi connectivity index (χ2v) is 6.05. The summed E-state index contributed by atoms with van der Waals surface area (Å²) in [4.78, 5) is 6.27. The fourth-order valence-corrected chi connectivity index (χ4v) is 2.33. The monoisotopic (exact) mass is 246 g/mol. The number of hydrogen-bond acceptors (Lipinski definition) is 4. The molecule has 1 saturated heterocycles. The van der Waals surface area contributed by atoms with Crippen LogP contribution in [0.1, 0.15) is 12.8 Å². The van der Waals surface area contributed by atoms with E-state index < -0.39 is 9.05 Å². The highest BCUT2D eigenvalue weighted by Crippen LogP contribution is 2.20. The Bertz CT molecular complexity index is 438. The molecule has 1 aliphatic rings. The molecule has 1 aromatic rings. The zero-order valence-corrected chi connectivity index (χ0v) is 9.63. The Kier molecular flexibility index (Phi) is 2.84. The molecule has 0 atom stereocenters. The maximum atomic E-state index is 11.0. The molecule has 0 aromatic carbocycles. The lowest BCUT2D eigenvalue weighted by Crippen LogP contribution is -2.18. The van der Waals surface area contributed by atoms with Crippen LogP contribution in [0.2, 0.25) is 0 Å². The van der Waals surface area contributed by atoms with Gasteiger partial charge in [-0.05, 0) is 25.0 Å². The van der Waals surface area contributed by atoms with Gasteiger partial charge in [-0.3, -0.25) is 0 Å². The van der Waals surface area contributed by atoms with Crippen LogP contribution in [-0.4, -0.2) is 26.5 Å². The van der Waals surface area contributed by atoms with Crippen LogP contribution in [0.5, 0.6) is 0 Å². The van der Waals surface area contributed by atoms with E-state index in [0.717, 1.165) is 31.7 Å². The first kappa shape index (κ1) is 10.7. The van der Waals surface area contributed by atoms with Gasteiger partial charge >= 0.3 is 0 Å². The predicted molar refractivity (Wildman–Crippen MR) is 58.7 cm³/mol. The van der Waals surface area contributed by atoms with E-state index in [1.807, 2.05) is 0 Å². The summed E-state index contributed by atoms with van der Waals surface area (Å²) in [6, 6.07) is 3.18. The predicted octanol–water partition coefficient (Wildman–Crippen LogP) is 1.61. The molecule has 0 radical (unpaired) electrons. The third-order valence-corrected chi connectivity index (χ3v) is 3.77. The molecule has 6 heteroatoms. The van der Waals surface area contributed by atoms with Gasteiger partial charge < -0.3 is 4.90 Å². The Labute approximate surface area is 93.3 Å². The summed E-state index contributed by atoms with van der Waals surface area (Å²) in [6.45, 7) is 1.97. The first-order chi connectivity index (χ1) is 7.07. The molecule has 0 saturated carbocycles. The average molecular weight is 247 g/mol. The van der Waals surface area contributed by atoms with E-state index in [9.17, 15) is 8.42 Å². The highest BCUT2D eigenvalue weighted by Gasteiger charge is 2.15. The second-order valence-electron chi connectivity index (χ2n) is 3.48. The van der Waals surface area contributed by atoms with E-state index in [0.29, 0.717) is 0 Å². The largest absolute Gasteiger partial charge is 0.357 e. The van der Waals surface area contributed by atoms with Crippen LogP contribution in [0.3, 0.4) is 0 Å². The molecule has 0 aliphatic carbocycles. The minimum Gasteiger partial charge on any atom is -0.357 e. The van der Waals surface area contributed by atoms with Crippen LogP contribution in [0.15, 0.2) is 23.2 Å². The van der Waals surface area contributed by atoms with Gasteiger partial charge in [0, 0.05) is 30.0 Å². The summed E-state index contributed by atoms with van der Waals surface area (Å²) in [5.74, 6) is 0.816. The molecular weight excluding hydrogens is 236 g/mol. The van der Waals surface area contributed by atoms with Crippen LogP contribution >= 0.6 is 10.7 Å². The van der Waals surface area contributed by atoms with Crippen LogP contribution in [0, 0.1) is 0 Å². The van der Waals surface area contributed by atoms with Crippen molar-refractivity contribution in [3.05, 3.63) is 18.3 Å². The van der Waals surface area contributed by atoms with Crippen molar-refractivity contribution < 1.29 is 8.42 Å². The third kappa shape index (κ3) is 2.41. The van der Waals surface area contributed by atoms with E-state index in [1.165, 1.54) is 12.3 Å². The molecular formula is C9H11ClN2O2S. The molecule has 0 amide bonds. The Morgan fingerprint density at radius 1 is 1.27 bits per heavy atom. The zero-order valence-electron chi connectivity index (χ0n) is 8.06. The summed E-state index contributed by atoms with van der Waals surface area (Å²) >= 11 is 0. The molecule has 2 heterocycles. The fraction of sp³-hybridized carbons (Fsp3) is 0.444. The lowest BCUT2D eigenvalue weighted by molar-refractivity contribution is 0.609. The molecule has 2 rings (SSSR count). The molecule has 0 bridgehead atoms. The van der Waals surface area contributed by atoms with Crippen LogP contribution in [0.25, 0.3) is 0 Å². The minimum absolute atomic E-state index is 0.0483. The summed E-state index contributed by atoms with van der Waals surface area (Å²) in [5.41, 5.74) is 0. The lowest BCUT2D eigenvalue weighted by atomic mass is 10.4. The standard InChI is InChI=1S/C9H11ClN2O2S/c10-15(13,14)8-3-4-9(11-7-8)12-5-1-2-6-12/h3-4,7H,1-2,5-6H2. The average Bonchev–Trinajstić information content (AvgIpc) is 2.69. The van der Waals surface area contributed by atoms with Gasteiger partial charge in [-0.1, -0.05) is 0 Å². The minimum atomic E-state index is -3.65. The van der Waals surface area contributed by atoms with Crippen molar-refractivity contribution in [3.63, 3.8) is 0 Å². The molecule has 0 spiro atoms. The Morgan fingerprint density at radius 2 is 1.93 bits per heavy atom. The molecule has 0 unspecified atom stereocenters. The van der Waals surface area contributed by atoms with Gasteiger partial charge in [-0.25, -0.2) is 13.4 Å². The SMILES string of the molecule is O=S(=O)(Cl)c1ccc(N2CCCC2)nc1. The number of pyridine rings is 1. The Morgan fingerprint density at radius 3 is 2.40 bits per heavy atom. The number of halogens is 1. The summed E-state index contributed by atoms with van der Waals surface area (Å²) in [7, 11) is 1.54. The topological polar surface area (TPSA) is 50.3 Å². The maximum Gasteiger partial charge on any atom is 0.262 e. The van der Waals surface area contributed by atoms with Gasteiger partial charge in [0.2, 0.25) is 0 Å². The molecule has 15 heavy (non-hydrogen) atoms. The van der Waals surface area contributed by atoms with Crippen molar-refractivity contribution in [1.82, 2.24) is 4.98 Å². The van der Waals surface area contributed by atoms with E-state index in [1.54, 1.807) is 6.07 Å². The van der Waals surface area contributed by atoms with E-state index >= 15 is 0 Å². The Hall–Kier alpha value is -0.810. The molecule has 1 aliphatic heterocycles. The summed E-state index contributed by atoms with van der Waals surface area (Å²) < 4.78 is 22.0. The van der Waals surface area contributed by atoms with Gasteiger partial charge in [-0.15, -0.1) is 0 Å². The quantitative estimate of drug-likeness (QED) is 0.744. The van der Waals surface area contributed by atoms with Crippen molar-refractivity contribution >= 4 is 25.6 Å². The van der Waals surface area contributed by atoms with Crippen LogP contribution < -0.4 is 4.90 Å². The van der Waals surface area contributed by atoms with Gasteiger partial charge in [0.25, 0.3) is 9.05 Å². The molecule has 1 fully saturated rings. The van der Waals surface area contributed by atoms with Gasteiger partial charge in [0.15, 0.2) is 0 Å².